The van der Waals surface area contributed by atoms with Gasteiger partial charge in [0.2, 0.25) is 11.6 Å². The number of aryl methyl sites for hydroxylation is 1. The zero-order valence-electron chi connectivity index (χ0n) is 16.1. The second kappa shape index (κ2) is 9.54. The van der Waals surface area contributed by atoms with Gasteiger partial charge in [-0.2, -0.15) is 8.78 Å². The highest BCUT2D eigenvalue weighted by molar-refractivity contribution is 5.44. The second-order valence-corrected chi connectivity index (χ2v) is 7.55. The van der Waals surface area contributed by atoms with Gasteiger partial charge in [0.15, 0.2) is 11.5 Å². The van der Waals surface area contributed by atoms with Crippen LogP contribution in [0.2, 0.25) is 0 Å². The van der Waals surface area contributed by atoms with Crippen LogP contribution in [0.15, 0.2) is 18.7 Å². The predicted molar refractivity (Wildman–Crippen MR) is 101 cm³/mol. The Morgan fingerprint density at radius 3 is 2.63 bits per heavy atom. The lowest BCUT2D eigenvalue weighted by atomic mass is 9.87. The summed E-state index contributed by atoms with van der Waals surface area (Å²) in [6.45, 7) is 6.47. The molecule has 0 bridgehead atoms. The molecule has 3 rings (SSSR count). The van der Waals surface area contributed by atoms with E-state index in [1.165, 1.54) is 0 Å². The highest BCUT2D eigenvalue weighted by Gasteiger charge is 2.27. The van der Waals surface area contributed by atoms with E-state index in [0.717, 1.165) is 44.9 Å². The summed E-state index contributed by atoms with van der Waals surface area (Å²) in [5, 5.41) is 0. The number of ether oxygens (including phenoxy) is 3. The molecule has 1 saturated carbocycles. The third-order valence-electron chi connectivity index (χ3n) is 5.58. The predicted octanol–water partition coefficient (Wildman–Crippen LogP) is 5.60. The van der Waals surface area contributed by atoms with Crippen molar-refractivity contribution in [2.24, 2.45) is 5.92 Å². The molecule has 0 saturated heterocycles. The molecule has 1 fully saturated rings. The maximum atomic E-state index is 14.4. The Bertz CT molecular complexity index is 639. The molecule has 2 aliphatic rings. The lowest BCUT2D eigenvalue weighted by Crippen LogP contribution is -2.24. The summed E-state index contributed by atoms with van der Waals surface area (Å²) in [6, 6.07) is 1.57. The van der Waals surface area contributed by atoms with E-state index in [9.17, 15) is 8.78 Å². The molecule has 0 radical (unpaired) electrons. The summed E-state index contributed by atoms with van der Waals surface area (Å²) in [6.07, 6.45) is 9.72. The summed E-state index contributed by atoms with van der Waals surface area (Å²) in [4.78, 5) is 0. The van der Waals surface area contributed by atoms with E-state index >= 15 is 0 Å². The number of hydrogen-bond acceptors (Lipinski definition) is 3. The van der Waals surface area contributed by atoms with Gasteiger partial charge in [-0.1, -0.05) is 19.4 Å². The van der Waals surface area contributed by atoms with Crippen molar-refractivity contribution >= 4 is 0 Å². The lowest BCUT2D eigenvalue weighted by molar-refractivity contribution is 0.00716. The Kier molecular flexibility index (Phi) is 7.11. The second-order valence-electron chi connectivity index (χ2n) is 7.55. The highest BCUT2D eigenvalue weighted by atomic mass is 19.2. The highest BCUT2D eigenvalue weighted by Crippen LogP contribution is 2.37. The quantitative estimate of drug-likeness (QED) is 0.434. The Hall–Kier alpha value is -1.62. The van der Waals surface area contributed by atoms with Crippen LogP contribution in [-0.4, -0.2) is 25.4 Å². The average molecular weight is 380 g/mol. The van der Waals surface area contributed by atoms with Crippen LogP contribution in [0.5, 0.6) is 11.5 Å². The molecule has 27 heavy (non-hydrogen) atoms. The number of rotatable bonds is 8. The van der Waals surface area contributed by atoms with Gasteiger partial charge in [0.25, 0.3) is 0 Å². The molecule has 1 heterocycles. The van der Waals surface area contributed by atoms with Crippen molar-refractivity contribution in [1.82, 2.24) is 0 Å². The van der Waals surface area contributed by atoms with E-state index in [4.69, 9.17) is 14.2 Å². The van der Waals surface area contributed by atoms with Crippen molar-refractivity contribution in [2.45, 2.75) is 70.5 Å². The van der Waals surface area contributed by atoms with Gasteiger partial charge in [0.1, 0.15) is 6.61 Å². The number of allylic oxidation sites excluding steroid dienone is 1. The maximum Gasteiger partial charge on any atom is 0.204 e. The van der Waals surface area contributed by atoms with Gasteiger partial charge in [-0.15, -0.1) is 6.58 Å². The van der Waals surface area contributed by atoms with Crippen LogP contribution in [-0.2, 0) is 11.2 Å². The minimum Gasteiger partial charge on any atom is -0.488 e. The number of fused-ring (bicyclic) bond motifs is 1. The van der Waals surface area contributed by atoms with Gasteiger partial charge < -0.3 is 14.2 Å². The standard InChI is InChI=1S/C22H30F2O3/c1-3-5-18-11-8-16-14-19(20(23)21(24)22(16)27-18)26-13-12-25-17-9-6-15(4-2)7-10-17/h4,14-15,17-18H,2-3,5-13H2,1H3. The molecule has 1 aliphatic heterocycles. The minimum absolute atomic E-state index is 0.0345. The fourth-order valence-electron chi connectivity index (χ4n) is 3.98. The molecular weight excluding hydrogens is 350 g/mol. The fraction of sp³-hybridized carbons (Fsp3) is 0.636. The van der Waals surface area contributed by atoms with E-state index < -0.39 is 11.6 Å². The largest absolute Gasteiger partial charge is 0.488 e. The Morgan fingerprint density at radius 2 is 1.93 bits per heavy atom. The molecule has 1 aromatic carbocycles. The van der Waals surface area contributed by atoms with Gasteiger partial charge in [-0.3, -0.25) is 0 Å². The van der Waals surface area contributed by atoms with Crippen LogP contribution in [0.25, 0.3) is 0 Å². The van der Waals surface area contributed by atoms with Crippen LogP contribution < -0.4 is 9.47 Å². The van der Waals surface area contributed by atoms with Crippen molar-refractivity contribution in [3.05, 3.63) is 35.9 Å². The summed E-state index contributed by atoms with van der Waals surface area (Å²) < 4.78 is 45.7. The minimum atomic E-state index is -0.975. The summed E-state index contributed by atoms with van der Waals surface area (Å²) in [7, 11) is 0. The van der Waals surface area contributed by atoms with Crippen LogP contribution in [0.3, 0.4) is 0 Å². The number of halogens is 2. The third kappa shape index (κ3) is 5.01. The smallest absolute Gasteiger partial charge is 0.204 e. The first-order valence-corrected chi connectivity index (χ1v) is 10.2. The Labute approximate surface area is 160 Å². The normalized spacial score (nSPS) is 24.8. The van der Waals surface area contributed by atoms with Gasteiger partial charge in [0.05, 0.1) is 18.8 Å². The first kappa shape index (κ1) is 20.1. The first-order chi connectivity index (χ1) is 13.1. The Balaban J connectivity index is 1.51. The molecular formula is C22H30F2O3. The molecule has 5 heteroatoms. The van der Waals surface area contributed by atoms with E-state index in [-0.39, 0.29) is 30.3 Å². The molecule has 150 valence electrons. The van der Waals surface area contributed by atoms with Gasteiger partial charge >= 0.3 is 0 Å². The van der Waals surface area contributed by atoms with Crippen LogP contribution >= 0.6 is 0 Å². The van der Waals surface area contributed by atoms with E-state index in [1.807, 2.05) is 6.08 Å². The van der Waals surface area contributed by atoms with Crippen LogP contribution in [0.4, 0.5) is 8.78 Å². The van der Waals surface area contributed by atoms with Gasteiger partial charge in [0, 0.05) is 5.56 Å². The van der Waals surface area contributed by atoms with Crippen molar-refractivity contribution in [3.8, 4) is 11.5 Å². The molecule has 1 atom stereocenters. The van der Waals surface area contributed by atoms with Crippen molar-refractivity contribution in [1.29, 1.82) is 0 Å². The van der Waals surface area contributed by atoms with E-state index in [0.29, 0.717) is 24.5 Å². The topological polar surface area (TPSA) is 27.7 Å². The molecule has 1 aliphatic carbocycles. The van der Waals surface area contributed by atoms with E-state index in [1.54, 1.807) is 6.07 Å². The summed E-state index contributed by atoms with van der Waals surface area (Å²) in [5.74, 6) is -1.32. The third-order valence-corrected chi connectivity index (χ3v) is 5.58. The van der Waals surface area contributed by atoms with Crippen molar-refractivity contribution < 1.29 is 23.0 Å². The monoisotopic (exact) mass is 380 g/mol. The molecule has 0 spiro atoms. The van der Waals surface area contributed by atoms with Crippen molar-refractivity contribution in [3.63, 3.8) is 0 Å². The zero-order chi connectivity index (χ0) is 19.2. The summed E-state index contributed by atoms with van der Waals surface area (Å²) >= 11 is 0. The Morgan fingerprint density at radius 1 is 1.15 bits per heavy atom. The maximum absolute atomic E-state index is 14.4. The lowest BCUT2D eigenvalue weighted by Gasteiger charge is -2.27. The number of hydrogen-bond donors (Lipinski definition) is 0. The van der Waals surface area contributed by atoms with Crippen molar-refractivity contribution in [2.75, 3.05) is 13.2 Å². The first-order valence-electron chi connectivity index (χ1n) is 10.2. The fourth-order valence-corrected chi connectivity index (χ4v) is 3.98. The molecule has 0 amide bonds. The van der Waals surface area contributed by atoms with Gasteiger partial charge in [-0.25, -0.2) is 0 Å². The average Bonchev–Trinajstić information content (AvgIpc) is 2.70. The molecule has 0 aromatic heterocycles. The SMILES string of the molecule is C=CC1CCC(OCCOc2cc3c(c(F)c2F)OC(CCC)CC3)CC1. The van der Waals surface area contributed by atoms with Crippen LogP contribution in [0.1, 0.15) is 57.4 Å². The zero-order valence-corrected chi connectivity index (χ0v) is 16.1. The molecule has 3 nitrogen and oxygen atoms in total. The molecule has 1 aromatic rings. The number of benzene rings is 1. The van der Waals surface area contributed by atoms with E-state index in [2.05, 4.69) is 13.5 Å². The van der Waals surface area contributed by atoms with Crippen LogP contribution in [0, 0.1) is 17.6 Å². The summed E-state index contributed by atoms with van der Waals surface area (Å²) in [5.41, 5.74) is 0.680. The van der Waals surface area contributed by atoms with Gasteiger partial charge in [-0.05, 0) is 56.9 Å². The molecule has 0 N–H and O–H groups in total. The molecule has 1 unspecified atom stereocenters.